The van der Waals surface area contributed by atoms with E-state index in [4.69, 9.17) is 5.11 Å². The van der Waals surface area contributed by atoms with Crippen molar-refractivity contribution in [1.82, 2.24) is 14.9 Å². The van der Waals surface area contributed by atoms with E-state index in [0.29, 0.717) is 12.2 Å². The fourth-order valence-corrected chi connectivity index (χ4v) is 2.03. The molecule has 2 aromatic heterocycles. The highest BCUT2D eigenvalue weighted by Gasteiger charge is 2.12. The molecule has 94 valence electrons. The molecule has 0 bridgehead atoms. The molecule has 0 aromatic carbocycles. The van der Waals surface area contributed by atoms with Gasteiger partial charge in [-0.25, -0.2) is 0 Å². The summed E-state index contributed by atoms with van der Waals surface area (Å²) in [4.78, 5) is 27.3. The Morgan fingerprint density at radius 1 is 1.50 bits per heavy atom. The highest BCUT2D eigenvalue weighted by molar-refractivity contribution is 7.09. The van der Waals surface area contributed by atoms with Crippen LogP contribution in [0.25, 0.3) is 0 Å². The van der Waals surface area contributed by atoms with Crippen LogP contribution >= 0.6 is 11.3 Å². The number of carboxylic acids is 1. The van der Waals surface area contributed by atoms with Gasteiger partial charge in [0.2, 0.25) is 0 Å². The van der Waals surface area contributed by atoms with Crippen molar-refractivity contribution in [1.29, 1.82) is 0 Å². The lowest BCUT2D eigenvalue weighted by atomic mass is 10.4. The lowest BCUT2D eigenvalue weighted by Crippen LogP contribution is -2.26. The summed E-state index contributed by atoms with van der Waals surface area (Å²) in [5, 5.41) is 11.4. The van der Waals surface area contributed by atoms with E-state index >= 15 is 0 Å². The van der Waals surface area contributed by atoms with Crippen LogP contribution in [0.3, 0.4) is 0 Å². The molecule has 2 rings (SSSR count). The number of carbonyl (C=O) groups is 2. The van der Waals surface area contributed by atoms with Gasteiger partial charge in [0.1, 0.15) is 12.2 Å². The molecule has 0 spiro atoms. The quantitative estimate of drug-likeness (QED) is 0.843. The fraction of sp³-hybridized carbons (Fsp3) is 0.182. The third-order valence-electron chi connectivity index (χ3n) is 2.27. The van der Waals surface area contributed by atoms with Gasteiger partial charge in [-0.2, -0.15) is 0 Å². The summed E-state index contributed by atoms with van der Waals surface area (Å²) in [5.74, 6) is -1.28. The Balaban J connectivity index is 2.00. The number of rotatable bonds is 5. The maximum Gasteiger partial charge on any atom is 0.323 e. The number of carbonyl (C=O) groups excluding carboxylic acids is 1. The molecular formula is C11H11N3O3S. The van der Waals surface area contributed by atoms with Crippen molar-refractivity contribution >= 4 is 23.2 Å². The van der Waals surface area contributed by atoms with Crippen molar-refractivity contribution in [3.05, 3.63) is 40.6 Å². The van der Waals surface area contributed by atoms with Crippen LogP contribution in [0, 0.1) is 0 Å². The lowest BCUT2D eigenvalue weighted by Gasteiger charge is -2.06. The normalized spacial score (nSPS) is 10.2. The van der Waals surface area contributed by atoms with Gasteiger partial charge in [-0.05, 0) is 12.1 Å². The number of aliphatic carboxylic acids is 1. The molecule has 0 aliphatic carbocycles. The Labute approximate surface area is 107 Å². The molecule has 0 atom stereocenters. The molecule has 7 heteroatoms. The second-order valence-corrected chi connectivity index (χ2v) is 4.54. The minimum atomic E-state index is -0.984. The summed E-state index contributed by atoms with van der Waals surface area (Å²) in [6.45, 7) is 0.165. The molecule has 0 saturated carbocycles. The molecule has 0 fully saturated rings. The lowest BCUT2D eigenvalue weighted by molar-refractivity contribution is -0.137. The van der Waals surface area contributed by atoms with Gasteiger partial charge in [-0.3, -0.25) is 14.6 Å². The van der Waals surface area contributed by atoms with Crippen molar-refractivity contribution in [2.75, 3.05) is 0 Å². The number of thiazole rings is 1. The Morgan fingerprint density at radius 2 is 2.33 bits per heavy atom. The molecule has 0 aliphatic rings. The first-order chi connectivity index (χ1) is 8.66. The van der Waals surface area contributed by atoms with E-state index in [0.717, 1.165) is 4.88 Å². The highest BCUT2D eigenvalue weighted by atomic mass is 32.1. The number of carboxylic acid groups (broad SMARTS) is 1. The van der Waals surface area contributed by atoms with E-state index in [1.54, 1.807) is 30.0 Å². The number of aromatic nitrogens is 2. The maximum atomic E-state index is 11.9. The highest BCUT2D eigenvalue weighted by Crippen LogP contribution is 2.06. The summed E-state index contributed by atoms with van der Waals surface area (Å²) in [5.41, 5.74) is 2.02. The molecule has 2 N–H and O–H groups in total. The van der Waals surface area contributed by atoms with E-state index in [-0.39, 0.29) is 12.5 Å². The van der Waals surface area contributed by atoms with Gasteiger partial charge >= 0.3 is 5.97 Å². The van der Waals surface area contributed by atoms with Crippen LogP contribution < -0.4 is 5.32 Å². The van der Waals surface area contributed by atoms with Crippen molar-refractivity contribution in [2.45, 2.75) is 13.1 Å². The molecule has 0 aliphatic heterocycles. The average Bonchev–Trinajstić information content (AvgIpc) is 2.95. The van der Waals surface area contributed by atoms with Crippen LogP contribution in [-0.4, -0.2) is 26.5 Å². The minimum absolute atomic E-state index is 0.226. The number of amides is 1. The summed E-state index contributed by atoms with van der Waals surface area (Å²) in [6.07, 6.45) is 3.25. The smallest absolute Gasteiger partial charge is 0.323 e. The van der Waals surface area contributed by atoms with Crippen molar-refractivity contribution < 1.29 is 14.7 Å². The Morgan fingerprint density at radius 3 is 3.00 bits per heavy atom. The topological polar surface area (TPSA) is 84.2 Å². The number of nitrogens with zero attached hydrogens (tertiary/aromatic N) is 2. The molecule has 6 nitrogen and oxygen atoms in total. The van der Waals surface area contributed by atoms with Gasteiger partial charge in [0, 0.05) is 17.3 Å². The van der Waals surface area contributed by atoms with Crippen LogP contribution in [0.2, 0.25) is 0 Å². The first-order valence-corrected chi connectivity index (χ1v) is 6.07. The van der Waals surface area contributed by atoms with E-state index in [1.165, 1.54) is 15.9 Å². The summed E-state index contributed by atoms with van der Waals surface area (Å²) in [6, 6.07) is 3.23. The SMILES string of the molecule is O=C(O)Cn1cccc1C(=O)NCc1cncs1. The van der Waals surface area contributed by atoms with Gasteiger partial charge in [0.15, 0.2) is 0 Å². The third-order valence-corrected chi connectivity index (χ3v) is 3.05. The molecule has 1 amide bonds. The van der Waals surface area contributed by atoms with Crippen molar-refractivity contribution in [2.24, 2.45) is 0 Å². The zero-order valence-corrected chi connectivity index (χ0v) is 10.2. The van der Waals surface area contributed by atoms with Crippen LogP contribution in [0.15, 0.2) is 30.0 Å². The monoisotopic (exact) mass is 265 g/mol. The van der Waals surface area contributed by atoms with Crippen molar-refractivity contribution in [3.8, 4) is 0 Å². The predicted molar refractivity (Wildman–Crippen MR) is 65.4 cm³/mol. The molecule has 18 heavy (non-hydrogen) atoms. The molecule has 0 radical (unpaired) electrons. The number of nitrogens with one attached hydrogen (secondary N) is 1. The Bertz CT molecular complexity index is 548. The van der Waals surface area contributed by atoms with Gasteiger partial charge in [0.05, 0.1) is 12.1 Å². The predicted octanol–water partition coefficient (Wildman–Crippen LogP) is 0.959. The molecule has 0 unspecified atom stereocenters. The van der Waals surface area contributed by atoms with Crippen LogP contribution in [0.4, 0.5) is 0 Å². The minimum Gasteiger partial charge on any atom is -0.480 e. The zero-order chi connectivity index (χ0) is 13.0. The first kappa shape index (κ1) is 12.3. The van der Waals surface area contributed by atoms with Gasteiger partial charge < -0.3 is 15.0 Å². The molecule has 2 heterocycles. The molecule has 0 saturated heterocycles. The second kappa shape index (κ2) is 5.46. The average molecular weight is 265 g/mol. The number of hydrogen-bond donors (Lipinski definition) is 2. The van der Waals surface area contributed by atoms with Gasteiger partial charge in [-0.15, -0.1) is 11.3 Å². The second-order valence-electron chi connectivity index (χ2n) is 3.57. The Hall–Kier alpha value is -2.15. The summed E-state index contributed by atoms with van der Waals surface area (Å²) >= 11 is 1.45. The van der Waals surface area contributed by atoms with E-state index in [1.807, 2.05) is 0 Å². The van der Waals surface area contributed by atoms with Crippen LogP contribution in [0.1, 0.15) is 15.4 Å². The van der Waals surface area contributed by atoms with Crippen LogP contribution in [0.5, 0.6) is 0 Å². The van der Waals surface area contributed by atoms with E-state index in [2.05, 4.69) is 10.3 Å². The van der Waals surface area contributed by atoms with Crippen LogP contribution in [-0.2, 0) is 17.9 Å². The van der Waals surface area contributed by atoms with Gasteiger partial charge in [-0.1, -0.05) is 0 Å². The van der Waals surface area contributed by atoms with E-state index < -0.39 is 5.97 Å². The summed E-state index contributed by atoms with van der Waals surface area (Å²) < 4.78 is 1.39. The van der Waals surface area contributed by atoms with E-state index in [9.17, 15) is 9.59 Å². The summed E-state index contributed by atoms with van der Waals surface area (Å²) in [7, 11) is 0. The largest absolute Gasteiger partial charge is 0.480 e. The number of hydrogen-bond acceptors (Lipinski definition) is 4. The van der Waals surface area contributed by atoms with Crippen molar-refractivity contribution in [3.63, 3.8) is 0 Å². The molecular weight excluding hydrogens is 254 g/mol. The molecule has 2 aromatic rings. The first-order valence-electron chi connectivity index (χ1n) is 5.19. The third kappa shape index (κ3) is 2.95. The maximum absolute atomic E-state index is 11.9. The van der Waals surface area contributed by atoms with Gasteiger partial charge in [0.25, 0.3) is 5.91 Å². The Kier molecular flexibility index (Phi) is 3.73. The fourth-order valence-electron chi connectivity index (χ4n) is 1.49. The zero-order valence-electron chi connectivity index (χ0n) is 9.37. The standard InChI is InChI=1S/C11H11N3O3S/c15-10(16)6-14-3-1-2-9(14)11(17)13-5-8-4-12-7-18-8/h1-4,7H,5-6H2,(H,13,17)(H,15,16).